The molecule has 0 bridgehead atoms. The Morgan fingerprint density at radius 3 is 2.88 bits per heavy atom. The molecule has 1 aliphatic rings. The highest BCUT2D eigenvalue weighted by Crippen LogP contribution is 2.12. The number of rotatable bonds is 6. The van der Waals surface area contributed by atoms with Crippen molar-refractivity contribution in [2.24, 2.45) is 10.9 Å². The van der Waals surface area contributed by atoms with Gasteiger partial charge in [-0.25, -0.2) is 9.98 Å². The number of hydrogen-bond acceptors (Lipinski definition) is 5. The quantitative estimate of drug-likeness (QED) is 0.609. The van der Waals surface area contributed by atoms with Gasteiger partial charge < -0.3 is 19.9 Å². The number of nitrogens with one attached hydrogen (secondary N) is 1. The molecule has 1 saturated heterocycles. The lowest BCUT2D eigenvalue weighted by Crippen LogP contribution is -2.41. The molecule has 0 radical (unpaired) electrons. The van der Waals surface area contributed by atoms with Crippen molar-refractivity contribution in [3.63, 3.8) is 0 Å². The summed E-state index contributed by atoms with van der Waals surface area (Å²) in [7, 11) is 5.44. The van der Waals surface area contributed by atoms with Crippen LogP contribution in [0.3, 0.4) is 0 Å². The summed E-state index contributed by atoms with van der Waals surface area (Å²) in [6.07, 6.45) is 1.06. The molecule has 1 aliphatic heterocycles. The highest BCUT2D eigenvalue weighted by molar-refractivity contribution is 7.09. The molecule has 1 unspecified atom stereocenters. The Morgan fingerprint density at radius 1 is 1.50 bits per heavy atom. The minimum Gasteiger partial charge on any atom is -0.381 e. The fourth-order valence-corrected chi connectivity index (χ4v) is 2.98. The second-order valence-electron chi connectivity index (χ2n) is 6.25. The van der Waals surface area contributed by atoms with Gasteiger partial charge in [0.1, 0.15) is 6.54 Å². The zero-order valence-corrected chi connectivity index (χ0v) is 15.7. The fraction of sp³-hybridized carbons (Fsp3) is 0.688. The Bertz CT molecular complexity index is 567. The van der Waals surface area contributed by atoms with Gasteiger partial charge in [0.25, 0.3) is 0 Å². The minimum absolute atomic E-state index is 0.0172. The number of guanidine groups is 1. The van der Waals surface area contributed by atoms with E-state index in [1.165, 1.54) is 0 Å². The van der Waals surface area contributed by atoms with Gasteiger partial charge in [-0.15, -0.1) is 11.3 Å². The van der Waals surface area contributed by atoms with Crippen LogP contribution in [0.4, 0.5) is 0 Å². The van der Waals surface area contributed by atoms with Crippen LogP contribution in [0, 0.1) is 12.8 Å². The van der Waals surface area contributed by atoms with Crippen molar-refractivity contribution in [1.82, 2.24) is 20.1 Å². The van der Waals surface area contributed by atoms with Crippen LogP contribution in [0.5, 0.6) is 0 Å². The number of carbonyl (C=O) groups is 1. The first-order valence-corrected chi connectivity index (χ1v) is 9.02. The predicted octanol–water partition coefficient (Wildman–Crippen LogP) is 0.954. The first-order chi connectivity index (χ1) is 11.5. The number of likely N-dealkylation sites (N-methyl/N-ethyl adjacent to an activating group) is 1. The molecule has 2 rings (SSSR count). The smallest absolute Gasteiger partial charge is 0.243 e. The molecule has 0 aliphatic carbocycles. The fourth-order valence-electron chi connectivity index (χ4n) is 2.37. The Balaban J connectivity index is 1.98. The van der Waals surface area contributed by atoms with Crippen LogP contribution >= 0.6 is 11.3 Å². The molecule has 1 atom stereocenters. The van der Waals surface area contributed by atoms with E-state index in [1.54, 1.807) is 30.3 Å². The molecule has 24 heavy (non-hydrogen) atoms. The summed E-state index contributed by atoms with van der Waals surface area (Å²) in [4.78, 5) is 24.4. The molecule has 134 valence electrons. The van der Waals surface area contributed by atoms with Gasteiger partial charge in [0.15, 0.2) is 5.96 Å². The SMILES string of the molecule is Cc1nc(CN(C)C(=NCC(=O)N(C)C)NCC2CCOC2)cs1. The Hall–Kier alpha value is -1.67. The van der Waals surface area contributed by atoms with Crippen LogP contribution < -0.4 is 5.32 Å². The predicted molar refractivity (Wildman–Crippen MR) is 96.2 cm³/mol. The van der Waals surface area contributed by atoms with Crippen LogP contribution in [0.15, 0.2) is 10.4 Å². The van der Waals surface area contributed by atoms with Gasteiger partial charge in [0.2, 0.25) is 5.91 Å². The first-order valence-electron chi connectivity index (χ1n) is 8.14. The molecule has 1 fully saturated rings. The maximum absolute atomic E-state index is 11.8. The second-order valence-corrected chi connectivity index (χ2v) is 7.31. The third-order valence-corrected chi connectivity index (χ3v) is 4.69. The summed E-state index contributed by atoms with van der Waals surface area (Å²) in [6, 6.07) is 0. The summed E-state index contributed by atoms with van der Waals surface area (Å²) < 4.78 is 5.42. The van der Waals surface area contributed by atoms with E-state index in [2.05, 4.69) is 20.7 Å². The lowest BCUT2D eigenvalue weighted by atomic mass is 10.1. The van der Waals surface area contributed by atoms with Gasteiger partial charge in [0.05, 0.1) is 23.9 Å². The monoisotopic (exact) mass is 353 g/mol. The standard InChI is InChI=1S/C16H27N5O2S/c1-12-19-14(11-24-12)9-21(4)16(18-8-15(22)20(2)3)17-7-13-5-6-23-10-13/h11,13H,5-10H2,1-4H3,(H,17,18). The number of aliphatic imine (C=N–C) groups is 1. The molecule has 8 heteroatoms. The molecule has 0 saturated carbocycles. The summed E-state index contributed by atoms with van der Waals surface area (Å²) in [5.41, 5.74) is 1.01. The highest BCUT2D eigenvalue weighted by atomic mass is 32.1. The van der Waals surface area contributed by atoms with Crippen molar-refractivity contribution < 1.29 is 9.53 Å². The van der Waals surface area contributed by atoms with Crippen molar-refractivity contribution >= 4 is 23.2 Å². The topological polar surface area (TPSA) is 70.1 Å². The van der Waals surface area contributed by atoms with Crippen LogP contribution in [-0.2, 0) is 16.1 Å². The molecule has 1 aromatic rings. The molecule has 1 amide bonds. The average molecular weight is 353 g/mol. The lowest BCUT2D eigenvalue weighted by Gasteiger charge is -2.23. The number of nitrogens with zero attached hydrogens (tertiary/aromatic N) is 4. The van der Waals surface area contributed by atoms with Gasteiger partial charge in [-0.2, -0.15) is 0 Å². The van der Waals surface area contributed by atoms with Gasteiger partial charge in [-0.05, 0) is 13.3 Å². The molecule has 1 aromatic heterocycles. The molecule has 0 aromatic carbocycles. The molecule has 2 heterocycles. The number of hydrogen-bond donors (Lipinski definition) is 1. The van der Waals surface area contributed by atoms with E-state index < -0.39 is 0 Å². The van der Waals surface area contributed by atoms with E-state index in [0.717, 1.165) is 42.8 Å². The van der Waals surface area contributed by atoms with E-state index in [4.69, 9.17) is 4.74 Å². The van der Waals surface area contributed by atoms with Crippen LogP contribution in [0.25, 0.3) is 0 Å². The molecule has 1 N–H and O–H groups in total. The van der Waals surface area contributed by atoms with Crippen molar-refractivity contribution in [3.8, 4) is 0 Å². The number of ether oxygens (including phenoxy) is 1. The lowest BCUT2D eigenvalue weighted by molar-refractivity contribution is -0.127. The Kier molecular flexibility index (Phi) is 6.99. The summed E-state index contributed by atoms with van der Waals surface area (Å²) in [5.74, 6) is 1.20. The van der Waals surface area contributed by atoms with Crippen molar-refractivity contribution in [1.29, 1.82) is 0 Å². The Morgan fingerprint density at radius 2 is 2.29 bits per heavy atom. The van der Waals surface area contributed by atoms with Crippen LogP contribution in [0.2, 0.25) is 0 Å². The van der Waals surface area contributed by atoms with E-state index in [-0.39, 0.29) is 12.5 Å². The van der Waals surface area contributed by atoms with Crippen molar-refractivity contribution in [2.45, 2.75) is 19.9 Å². The van der Waals surface area contributed by atoms with Gasteiger partial charge in [-0.3, -0.25) is 4.79 Å². The third kappa shape index (κ3) is 5.76. The zero-order chi connectivity index (χ0) is 17.5. The van der Waals surface area contributed by atoms with Crippen LogP contribution in [-0.4, -0.2) is 74.1 Å². The second kappa shape index (κ2) is 8.98. The zero-order valence-electron chi connectivity index (χ0n) is 14.9. The molecule has 7 nitrogen and oxygen atoms in total. The molecule has 0 spiro atoms. The van der Waals surface area contributed by atoms with Gasteiger partial charge in [0, 0.05) is 45.6 Å². The minimum atomic E-state index is -0.0172. The molecular formula is C16H27N5O2S. The molecular weight excluding hydrogens is 326 g/mol. The van der Waals surface area contributed by atoms with E-state index in [1.807, 2.05) is 18.9 Å². The third-order valence-electron chi connectivity index (χ3n) is 3.86. The van der Waals surface area contributed by atoms with E-state index in [9.17, 15) is 4.79 Å². The van der Waals surface area contributed by atoms with Crippen LogP contribution in [0.1, 0.15) is 17.1 Å². The average Bonchev–Trinajstić information content (AvgIpc) is 3.18. The summed E-state index contributed by atoms with van der Waals surface area (Å²) >= 11 is 1.64. The number of thiazole rings is 1. The number of carbonyl (C=O) groups excluding carboxylic acids is 1. The first kappa shape index (κ1) is 18.7. The number of aryl methyl sites for hydroxylation is 1. The van der Waals surface area contributed by atoms with E-state index >= 15 is 0 Å². The summed E-state index contributed by atoms with van der Waals surface area (Å²) in [5, 5.41) is 6.49. The maximum Gasteiger partial charge on any atom is 0.243 e. The Labute approximate surface area is 147 Å². The van der Waals surface area contributed by atoms with Crippen molar-refractivity contribution in [3.05, 3.63) is 16.1 Å². The highest BCUT2D eigenvalue weighted by Gasteiger charge is 2.17. The van der Waals surface area contributed by atoms with Crippen molar-refractivity contribution in [2.75, 3.05) is 47.4 Å². The maximum atomic E-state index is 11.8. The largest absolute Gasteiger partial charge is 0.381 e. The van der Waals surface area contributed by atoms with E-state index in [0.29, 0.717) is 12.5 Å². The number of aromatic nitrogens is 1. The van der Waals surface area contributed by atoms with Gasteiger partial charge >= 0.3 is 0 Å². The van der Waals surface area contributed by atoms with Gasteiger partial charge in [-0.1, -0.05) is 0 Å². The number of amides is 1. The summed E-state index contributed by atoms with van der Waals surface area (Å²) in [6.45, 7) is 5.20. The normalized spacial score (nSPS) is 17.8.